The van der Waals surface area contributed by atoms with E-state index in [1.165, 1.54) is 35.3 Å². The molecule has 1 aromatic rings. The summed E-state index contributed by atoms with van der Waals surface area (Å²) >= 11 is 5.28. The molecular weight excluding hydrogens is 272 g/mol. The Morgan fingerprint density at radius 1 is 1.60 bits per heavy atom. The lowest BCUT2D eigenvalue weighted by Crippen LogP contribution is -2.35. The van der Waals surface area contributed by atoms with Gasteiger partial charge in [-0.15, -0.1) is 11.3 Å². The molecule has 0 spiro atoms. The van der Waals surface area contributed by atoms with Crippen LogP contribution in [0.4, 0.5) is 0 Å². The average Bonchev–Trinajstić information content (AvgIpc) is 2.66. The molecule has 84 valence electrons. The highest BCUT2D eigenvalue weighted by Gasteiger charge is 2.11. The maximum absolute atomic E-state index is 3.53. The normalized spacial score (nSPS) is 21.8. The molecule has 2 rings (SSSR count). The molecule has 0 aromatic carbocycles. The maximum Gasteiger partial charge on any atom is 0.0300 e. The van der Waals surface area contributed by atoms with E-state index in [1.807, 2.05) is 11.3 Å². The van der Waals surface area contributed by atoms with Crippen molar-refractivity contribution in [2.24, 2.45) is 5.92 Å². The van der Waals surface area contributed by atoms with Crippen LogP contribution in [0.15, 0.2) is 15.9 Å². The van der Waals surface area contributed by atoms with Gasteiger partial charge in [-0.3, -0.25) is 0 Å². The second kappa shape index (κ2) is 5.99. The highest BCUT2D eigenvalue weighted by molar-refractivity contribution is 9.10. The van der Waals surface area contributed by atoms with E-state index in [4.69, 9.17) is 0 Å². The fourth-order valence-electron chi connectivity index (χ4n) is 1.94. The maximum atomic E-state index is 3.53. The van der Waals surface area contributed by atoms with Crippen molar-refractivity contribution in [3.8, 4) is 0 Å². The Labute approximate surface area is 104 Å². The van der Waals surface area contributed by atoms with E-state index in [9.17, 15) is 0 Å². The zero-order valence-electron chi connectivity index (χ0n) is 8.76. The average molecular weight is 289 g/mol. The standard InChI is InChI=1S/C11H17BrN2S/c12-10-4-11(15-8-10)7-14-6-9-2-1-3-13-5-9/h4,8-9,13-14H,1-3,5-7H2. The monoisotopic (exact) mass is 288 g/mol. The van der Waals surface area contributed by atoms with Crippen LogP contribution in [0.1, 0.15) is 17.7 Å². The van der Waals surface area contributed by atoms with E-state index in [-0.39, 0.29) is 0 Å². The molecule has 1 unspecified atom stereocenters. The van der Waals surface area contributed by atoms with Crippen LogP contribution in [-0.4, -0.2) is 19.6 Å². The first-order valence-corrected chi connectivity index (χ1v) is 7.16. The highest BCUT2D eigenvalue weighted by Crippen LogP contribution is 2.19. The van der Waals surface area contributed by atoms with Gasteiger partial charge in [-0.1, -0.05) is 0 Å². The van der Waals surface area contributed by atoms with Crippen LogP contribution in [0.3, 0.4) is 0 Å². The number of hydrogen-bond donors (Lipinski definition) is 2. The first kappa shape index (κ1) is 11.6. The molecule has 2 N–H and O–H groups in total. The summed E-state index contributed by atoms with van der Waals surface area (Å²) in [5, 5.41) is 9.12. The van der Waals surface area contributed by atoms with Gasteiger partial charge >= 0.3 is 0 Å². The van der Waals surface area contributed by atoms with E-state index in [0.717, 1.165) is 19.0 Å². The van der Waals surface area contributed by atoms with Crippen LogP contribution >= 0.6 is 27.3 Å². The van der Waals surface area contributed by atoms with Gasteiger partial charge in [0.25, 0.3) is 0 Å². The summed E-state index contributed by atoms with van der Waals surface area (Å²) in [6, 6.07) is 2.19. The first-order chi connectivity index (χ1) is 7.34. The van der Waals surface area contributed by atoms with Crippen molar-refractivity contribution in [1.29, 1.82) is 0 Å². The predicted octanol–water partition coefficient (Wildman–Crippen LogP) is 2.60. The molecule has 0 amide bonds. The van der Waals surface area contributed by atoms with Crippen LogP contribution in [0.25, 0.3) is 0 Å². The minimum absolute atomic E-state index is 0.821. The minimum Gasteiger partial charge on any atom is -0.316 e. The number of thiophene rings is 1. The molecule has 0 bridgehead atoms. The molecule has 0 aliphatic carbocycles. The molecule has 1 aromatic heterocycles. The Bertz CT molecular complexity index is 295. The zero-order chi connectivity index (χ0) is 10.5. The van der Waals surface area contributed by atoms with Crippen LogP contribution in [0.5, 0.6) is 0 Å². The van der Waals surface area contributed by atoms with Gasteiger partial charge in [-0.2, -0.15) is 0 Å². The van der Waals surface area contributed by atoms with Crippen molar-refractivity contribution in [3.05, 3.63) is 20.8 Å². The van der Waals surface area contributed by atoms with Gasteiger partial charge < -0.3 is 10.6 Å². The van der Waals surface area contributed by atoms with Crippen LogP contribution in [0, 0.1) is 5.92 Å². The summed E-state index contributed by atoms with van der Waals surface area (Å²) in [6.45, 7) is 4.53. The van der Waals surface area contributed by atoms with E-state index in [0.29, 0.717) is 0 Å². The highest BCUT2D eigenvalue weighted by atomic mass is 79.9. The van der Waals surface area contributed by atoms with Crippen molar-refractivity contribution >= 4 is 27.3 Å². The first-order valence-electron chi connectivity index (χ1n) is 5.49. The summed E-state index contributed by atoms with van der Waals surface area (Å²) in [5.74, 6) is 0.821. The second-order valence-corrected chi connectivity index (χ2v) is 5.99. The third kappa shape index (κ3) is 3.87. The summed E-state index contributed by atoms with van der Waals surface area (Å²) < 4.78 is 1.20. The Kier molecular flexibility index (Phi) is 4.62. The SMILES string of the molecule is Brc1csc(CNCC2CCCNC2)c1. The Balaban J connectivity index is 1.65. The van der Waals surface area contributed by atoms with Crippen molar-refractivity contribution in [2.45, 2.75) is 19.4 Å². The predicted molar refractivity (Wildman–Crippen MR) is 69.3 cm³/mol. The van der Waals surface area contributed by atoms with Gasteiger partial charge in [0, 0.05) is 21.3 Å². The van der Waals surface area contributed by atoms with Gasteiger partial charge in [-0.05, 0) is 60.4 Å². The van der Waals surface area contributed by atoms with Gasteiger partial charge in [-0.25, -0.2) is 0 Å². The van der Waals surface area contributed by atoms with Gasteiger partial charge in [0.1, 0.15) is 0 Å². The molecule has 0 saturated carbocycles. The lowest BCUT2D eigenvalue weighted by Gasteiger charge is -2.22. The fourth-order valence-corrected chi connectivity index (χ4v) is 3.36. The van der Waals surface area contributed by atoms with E-state index in [1.54, 1.807) is 0 Å². The molecule has 15 heavy (non-hydrogen) atoms. The molecule has 1 atom stereocenters. The lowest BCUT2D eigenvalue weighted by atomic mass is 10.00. The Hall–Kier alpha value is 0.1000. The van der Waals surface area contributed by atoms with Crippen molar-refractivity contribution in [3.63, 3.8) is 0 Å². The molecule has 1 aliphatic rings. The Morgan fingerprint density at radius 3 is 3.20 bits per heavy atom. The van der Waals surface area contributed by atoms with Crippen LogP contribution < -0.4 is 10.6 Å². The van der Waals surface area contributed by atoms with Gasteiger partial charge in [0.15, 0.2) is 0 Å². The topological polar surface area (TPSA) is 24.1 Å². The van der Waals surface area contributed by atoms with Crippen molar-refractivity contribution < 1.29 is 0 Å². The van der Waals surface area contributed by atoms with Crippen LogP contribution in [0.2, 0.25) is 0 Å². The zero-order valence-corrected chi connectivity index (χ0v) is 11.2. The Morgan fingerprint density at radius 2 is 2.53 bits per heavy atom. The van der Waals surface area contributed by atoms with Gasteiger partial charge in [0.2, 0.25) is 0 Å². The molecule has 1 saturated heterocycles. The van der Waals surface area contributed by atoms with Crippen molar-refractivity contribution in [1.82, 2.24) is 10.6 Å². The molecule has 1 fully saturated rings. The molecule has 0 radical (unpaired) electrons. The van der Waals surface area contributed by atoms with Crippen LogP contribution in [-0.2, 0) is 6.54 Å². The largest absolute Gasteiger partial charge is 0.316 e. The fraction of sp³-hybridized carbons (Fsp3) is 0.636. The van der Waals surface area contributed by atoms with E-state index >= 15 is 0 Å². The minimum atomic E-state index is 0.821. The molecule has 2 heterocycles. The molecular formula is C11H17BrN2S. The summed E-state index contributed by atoms with van der Waals surface area (Å²) in [5.41, 5.74) is 0. The van der Waals surface area contributed by atoms with E-state index < -0.39 is 0 Å². The number of rotatable bonds is 4. The number of halogens is 1. The number of piperidine rings is 1. The second-order valence-electron chi connectivity index (χ2n) is 4.07. The van der Waals surface area contributed by atoms with Crippen molar-refractivity contribution in [2.75, 3.05) is 19.6 Å². The number of hydrogen-bond acceptors (Lipinski definition) is 3. The third-order valence-electron chi connectivity index (χ3n) is 2.75. The molecule has 2 nitrogen and oxygen atoms in total. The summed E-state index contributed by atoms with van der Waals surface area (Å²) in [4.78, 5) is 1.41. The summed E-state index contributed by atoms with van der Waals surface area (Å²) in [6.07, 6.45) is 2.70. The lowest BCUT2D eigenvalue weighted by molar-refractivity contribution is 0.360. The van der Waals surface area contributed by atoms with Gasteiger partial charge in [0.05, 0.1) is 0 Å². The quantitative estimate of drug-likeness (QED) is 0.890. The summed E-state index contributed by atoms with van der Waals surface area (Å²) in [7, 11) is 0. The third-order valence-corrected chi connectivity index (χ3v) is 4.45. The van der Waals surface area contributed by atoms with E-state index in [2.05, 4.69) is 38.0 Å². The molecule has 1 aliphatic heterocycles. The molecule has 4 heteroatoms. The smallest absolute Gasteiger partial charge is 0.0300 e. The number of nitrogens with one attached hydrogen (secondary N) is 2.